The van der Waals surface area contributed by atoms with E-state index in [1.54, 1.807) is 0 Å². The molecule has 2 saturated heterocycles. The van der Waals surface area contributed by atoms with Gasteiger partial charge >= 0.3 is 0 Å². The summed E-state index contributed by atoms with van der Waals surface area (Å²) in [7, 11) is -3.11. The molecule has 0 bridgehead atoms. The zero-order valence-electron chi connectivity index (χ0n) is 16.3. The summed E-state index contributed by atoms with van der Waals surface area (Å²) in [4.78, 5) is 19.4. The van der Waals surface area contributed by atoms with Gasteiger partial charge in [0, 0.05) is 64.5 Å². The number of piperazine rings is 2. The summed E-state index contributed by atoms with van der Waals surface area (Å²) in [5, 5.41) is 0. The normalized spacial score (nSPS) is 20.7. The lowest BCUT2D eigenvalue weighted by atomic mass is 10.1. The van der Waals surface area contributed by atoms with Crippen LogP contribution < -0.4 is 0 Å². The predicted octanol–water partition coefficient (Wildman–Crippen LogP) is 0.542. The fourth-order valence-corrected chi connectivity index (χ4v) is 4.56. The highest BCUT2D eigenvalue weighted by Gasteiger charge is 2.24. The summed E-state index contributed by atoms with van der Waals surface area (Å²) >= 11 is 0. The number of benzene rings is 1. The zero-order valence-corrected chi connectivity index (χ0v) is 17.1. The van der Waals surface area contributed by atoms with Crippen LogP contribution in [0.2, 0.25) is 0 Å². The van der Waals surface area contributed by atoms with Gasteiger partial charge in [-0.15, -0.1) is 0 Å². The molecule has 8 heteroatoms. The summed E-state index contributed by atoms with van der Waals surface area (Å²) in [5.74, 6) is 0.106. The van der Waals surface area contributed by atoms with Gasteiger partial charge in [-0.3, -0.25) is 9.69 Å². The highest BCUT2D eigenvalue weighted by Crippen LogP contribution is 2.14. The number of likely N-dealkylation sites (N-methyl/N-ethyl adjacent to an activating group) is 1. The molecule has 0 aliphatic carbocycles. The van der Waals surface area contributed by atoms with Crippen LogP contribution in [-0.4, -0.2) is 98.5 Å². The summed E-state index contributed by atoms with van der Waals surface area (Å²) in [5.41, 5.74) is 1.84. The fourth-order valence-electron chi connectivity index (χ4n) is 3.73. The van der Waals surface area contributed by atoms with Gasteiger partial charge in [-0.1, -0.05) is 19.1 Å². The lowest BCUT2D eigenvalue weighted by Crippen LogP contribution is -2.48. The second-order valence-corrected chi connectivity index (χ2v) is 9.35. The van der Waals surface area contributed by atoms with Crippen molar-refractivity contribution in [3.8, 4) is 0 Å². The van der Waals surface area contributed by atoms with Crippen molar-refractivity contribution < 1.29 is 13.2 Å². The van der Waals surface area contributed by atoms with Crippen LogP contribution in [0.5, 0.6) is 0 Å². The van der Waals surface area contributed by atoms with E-state index in [0.29, 0.717) is 26.2 Å². The monoisotopic (exact) mass is 394 g/mol. The Bertz CT molecular complexity index is 752. The van der Waals surface area contributed by atoms with E-state index in [-0.39, 0.29) is 5.91 Å². The Balaban J connectivity index is 1.57. The molecule has 2 aliphatic heterocycles. The summed E-state index contributed by atoms with van der Waals surface area (Å²) in [6, 6.07) is 7.85. The molecule has 0 saturated carbocycles. The maximum atomic E-state index is 12.8. The lowest BCUT2D eigenvalue weighted by molar-refractivity contribution is 0.0643. The first-order chi connectivity index (χ1) is 12.9. The van der Waals surface area contributed by atoms with Gasteiger partial charge in [0.05, 0.1) is 6.26 Å². The molecular formula is C19H30N4O3S. The minimum Gasteiger partial charge on any atom is -0.336 e. The van der Waals surface area contributed by atoms with Crippen LogP contribution in [0.15, 0.2) is 24.3 Å². The Morgan fingerprint density at radius 2 is 1.59 bits per heavy atom. The van der Waals surface area contributed by atoms with E-state index in [1.165, 1.54) is 10.6 Å². The van der Waals surface area contributed by atoms with E-state index in [9.17, 15) is 13.2 Å². The molecule has 3 rings (SSSR count). The molecule has 0 radical (unpaired) electrons. The predicted molar refractivity (Wildman–Crippen MR) is 106 cm³/mol. The molecule has 0 N–H and O–H groups in total. The third-order valence-electron chi connectivity index (χ3n) is 5.49. The number of carbonyl (C=O) groups excluding carboxylic acids is 1. The average Bonchev–Trinajstić information content (AvgIpc) is 2.67. The standard InChI is InChI=1S/C19H30N4O3S/c1-3-20-7-11-22(12-8-20)19(24)18-6-4-5-17(15-18)16-21-9-13-23(14-10-21)27(2,25)26/h4-6,15H,3,7-14,16H2,1-2H3. The molecule has 2 heterocycles. The summed E-state index contributed by atoms with van der Waals surface area (Å²) < 4.78 is 24.8. The molecule has 0 atom stereocenters. The maximum absolute atomic E-state index is 12.8. The summed E-state index contributed by atoms with van der Waals surface area (Å²) in [6.45, 7) is 9.84. The molecule has 1 aromatic carbocycles. The topological polar surface area (TPSA) is 64.2 Å². The minimum absolute atomic E-state index is 0.106. The smallest absolute Gasteiger partial charge is 0.253 e. The molecule has 2 fully saturated rings. The number of nitrogens with zero attached hydrogens (tertiary/aromatic N) is 4. The van der Waals surface area contributed by atoms with Gasteiger partial charge in [-0.25, -0.2) is 8.42 Å². The minimum atomic E-state index is -3.11. The Morgan fingerprint density at radius 3 is 2.19 bits per heavy atom. The van der Waals surface area contributed by atoms with Gasteiger partial charge < -0.3 is 9.80 Å². The van der Waals surface area contributed by atoms with Crippen molar-refractivity contribution in [2.75, 3.05) is 65.2 Å². The number of amides is 1. The van der Waals surface area contributed by atoms with Crippen molar-refractivity contribution >= 4 is 15.9 Å². The Labute approximate surface area is 162 Å². The van der Waals surface area contributed by atoms with Crippen molar-refractivity contribution in [2.45, 2.75) is 13.5 Å². The lowest BCUT2D eigenvalue weighted by Gasteiger charge is -2.34. The molecule has 27 heavy (non-hydrogen) atoms. The molecule has 1 amide bonds. The van der Waals surface area contributed by atoms with Crippen molar-refractivity contribution in [1.82, 2.24) is 19.0 Å². The average molecular weight is 395 g/mol. The second-order valence-electron chi connectivity index (χ2n) is 7.37. The maximum Gasteiger partial charge on any atom is 0.253 e. The van der Waals surface area contributed by atoms with E-state index in [4.69, 9.17) is 0 Å². The number of sulfonamides is 1. The summed E-state index contributed by atoms with van der Waals surface area (Å²) in [6.07, 6.45) is 1.26. The Kier molecular flexibility index (Phi) is 6.52. The van der Waals surface area contributed by atoms with E-state index in [0.717, 1.165) is 50.4 Å². The largest absolute Gasteiger partial charge is 0.336 e. The number of rotatable bonds is 5. The van der Waals surface area contributed by atoms with Crippen LogP contribution in [0, 0.1) is 0 Å². The number of hydrogen-bond donors (Lipinski definition) is 0. The van der Waals surface area contributed by atoms with Gasteiger partial charge in [0.25, 0.3) is 5.91 Å². The van der Waals surface area contributed by atoms with Crippen LogP contribution >= 0.6 is 0 Å². The first-order valence-corrected chi connectivity index (χ1v) is 11.5. The quantitative estimate of drug-likeness (QED) is 0.730. The highest BCUT2D eigenvalue weighted by atomic mass is 32.2. The van der Waals surface area contributed by atoms with Gasteiger partial charge in [-0.2, -0.15) is 4.31 Å². The molecule has 2 aliphatic rings. The van der Waals surface area contributed by atoms with Crippen LogP contribution in [0.4, 0.5) is 0 Å². The van der Waals surface area contributed by atoms with Gasteiger partial charge in [0.1, 0.15) is 0 Å². The SMILES string of the molecule is CCN1CCN(C(=O)c2cccc(CN3CCN(S(C)(=O)=O)CC3)c2)CC1. The van der Waals surface area contributed by atoms with Crippen LogP contribution in [-0.2, 0) is 16.6 Å². The van der Waals surface area contributed by atoms with Gasteiger partial charge in [-0.05, 0) is 24.2 Å². The van der Waals surface area contributed by atoms with Crippen molar-refractivity contribution in [2.24, 2.45) is 0 Å². The first kappa shape index (κ1) is 20.3. The van der Waals surface area contributed by atoms with E-state index >= 15 is 0 Å². The molecule has 0 aromatic heterocycles. The first-order valence-electron chi connectivity index (χ1n) is 9.65. The molecule has 0 unspecified atom stereocenters. The third-order valence-corrected chi connectivity index (χ3v) is 6.79. The molecule has 150 valence electrons. The van der Waals surface area contributed by atoms with Crippen molar-refractivity contribution in [1.29, 1.82) is 0 Å². The molecule has 7 nitrogen and oxygen atoms in total. The van der Waals surface area contributed by atoms with Crippen LogP contribution in [0.1, 0.15) is 22.8 Å². The highest BCUT2D eigenvalue weighted by molar-refractivity contribution is 7.88. The van der Waals surface area contributed by atoms with Gasteiger partial charge in [0.15, 0.2) is 0 Å². The third kappa shape index (κ3) is 5.28. The number of hydrogen-bond acceptors (Lipinski definition) is 5. The van der Waals surface area contributed by atoms with Crippen molar-refractivity contribution in [3.63, 3.8) is 0 Å². The second kappa shape index (κ2) is 8.68. The Hall–Kier alpha value is -1.48. The van der Waals surface area contributed by atoms with E-state index < -0.39 is 10.0 Å². The van der Waals surface area contributed by atoms with Crippen molar-refractivity contribution in [3.05, 3.63) is 35.4 Å². The molecular weight excluding hydrogens is 364 g/mol. The van der Waals surface area contributed by atoms with E-state index in [2.05, 4.69) is 16.7 Å². The number of carbonyl (C=O) groups is 1. The zero-order chi connectivity index (χ0) is 19.4. The fraction of sp³-hybridized carbons (Fsp3) is 0.632. The van der Waals surface area contributed by atoms with Crippen LogP contribution in [0.3, 0.4) is 0 Å². The van der Waals surface area contributed by atoms with Gasteiger partial charge in [0.2, 0.25) is 10.0 Å². The molecule has 1 aromatic rings. The Morgan fingerprint density at radius 1 is 0.963 bits per heavy atom. The molecule has 0 spiro atoms. The van der Waals surface area contributed by atoms with Crippen LogP contribution in [0.25, 0.3) is 0 Å². The van der Waals surface area contributed by atoms with E-state index in [1.807, 2.05) is 29.2 Å².